The zero-order valence-corrected chi connectivity index (χ0v) is 20.7. The molecule has 2 aromatic carbocycles. The SMILES string of the molecule is CC(C)CCOc1ccc(Br)cc1C(=O)NNC(=O)COc1ccc(Br)cc1Br. The molecule has 0 saturated heterocycles. The number of rotatable bonds is 8. The summed E-state index contributed by atoms with van der Waals surface area (Å²) in [5.41, 5.74) is 5.05. The monoisotopic (exact) mass is 590 g/mol. The molecule has 2 amide bonds. The summed E-state index contributed by atoms with van der Waals surface area (Å²) in [7, 11) is 0. The lowest BCUT2D eigenvalue weighted by Crippen LogP contribution is -2.44. The van der Waals surface area contributed by atoms with E-state index >= 15 is 0 Å². The van der Waals surface area contributed by atoms with Crippen LogP contribution in [0.2, 0.25) is 0 Å². The van der Waals surface area contributed by atoms with E-state index in [1.807, 2.05) is 6.07 Å². The first-order valence-electron chi connectivity index (χ1n) is 8.85. The van der Waals surface area contributed by atoms with Gasteiger partial charge in [-0.25, -0.2) is 0 Å². The van der Waals surface area contributed by atoms with Gasteiger partial charge in [-0.1, -0.05) is 45.7 Å². The van der Waals surface area contributed by atoms with Gasteiger partial charge in [0.05, 0.1) is 16.6 Å². The van der Waals surface area contributed by atoms with Crippen molar-refractivity contribution in [1.82, 2.24) is 10.9 Å². The second-order valence-corrected chi connectivity index (χ2v) is 9.22. The molecule has 29 heavy (non-hydrogen) atoms. The van der Waals surface area contributed by atoms with Crippen LogP contribution in [0.25, 0.3) is 0 Å². The van der Waals surface area contributed by atoms with Gasteiger partial charge in [-0.05, 0) is 64.7 Å². The van der Waals surface area contributed by atoms with Crippen molar-refractivity contribution in [2.45, 2.75) is 20.3 Å². The Kier molecular flexibility index (Phi) is 9.45. The van der Waals surface area contributed by atoms with Crippen molar-refractivity contribution in [3.8, 4) is 11.5 Å². The minimum absolute atomic E-state index is 0.253. The summed E-state index contributed by atoms with van der Waals surface area (Å²) in [6, 6.07) is 10.5. The molecule has 156 valence electrons. The van der Waals surface area contributed by atoms with Crippen LogP contribution in [0.15, 0.2) is 49.8 Å². The molecule has 9 heteroatoms. The highest BCUT2D eigenvalue weighted by atomic mass is 79.9. The fourth-order valence-corrected chi connectivity index (χ4v) is 3.70. The van der Waals surface area contributed by atoms with Crippen LogP contribution in [-0.4, -0.2) is 25.0 Å². The second-order valence-electron chi connectivity index (χ2n) is 6.54. The van der Waals surface area contributed by atoms with Crippen molar-refractivity contribution in [1.29, 1.82) is 0 Å². The molecule has 0 fully saturated rings. The topological polar surface area (TPSA) is 76.7 Å². The Morgan fingerprint density at radius 3 is 2.24 bits per heavy atom. The Bertz CT molecular complexity index is 875. The summed E-state index contributed by atoms with van der Waals surface area (Å²) in [6.07, 6.45) is 0.872. The van der Waals surface area contributed by atoms with Crippen LogP contribution in [0.4, 0.5) is 0 Å². The number of hydrogen-bond donors (Lipinski definition) is 2. The van der Waals surface area contributed by atoms with E-state index in [1.54, 1.807) is 30.3 Å². The third-order valence-electron chi connectivity index (χ3n) is 3.71. The summed E-state index contributed by atoms with van der Waals surface area (Å²) in [4.78, 5) is 24.5. The molecule has 2 rings (SSSR count). The van der Waals surface area contributed by atoms with Gasteiger partial charge in [0.2, 0.25) is 0 Å². The van der Waals surface area contributed by atoms with Crippen molar-refractivity contribution < 1.29 is 19.1 Å². The summed E-state index contributed by atoms with van der Waals surface area (Å²) >= 11 is 10.1. The molecule has 0 aliphatic rings. The molecule has 2 N–H and O–H groups in total. The van der Waals surface area contributed by atoms with Gasteiger partial charge in [0.1, 0.15) is 11.5 Å². The van der Waals surface area contributed by atoms with Gasteiger partial charge in [0.25, 0.3) is 11.8 Å². The summed E-state index contributed by atoms with van der Waals surface area (Å²) in [6.45, 7) is 4.45. The van der Waals surface area contributed by atoms with Crippen LogP contribution in [0.3, 0.4) is 0 Å². The Morgan fingerprint density at radius 1 is 0.931 bits per heavy atom. The Morgan fingerprint density at radius 2 is 1.59 bits per heavy atom. The minimum atomic E-state index is -0.495. The number of carbonyl (C=O) groups excluding carboxylic acids is 2. The van der Waals surface area contributed by atoms with Crippen LogP contribution < -0.4 is 20.3 Å². The molecule has 0 aliphatic heterocycles. The Hall–Kier alpha value is -1.58. The number of carbonyl (C=O) groups is 2. The maximum absolute atomic E-state index is 12.5. The number of halogens is 3. The number of hydrazine groups is 1. The van der Waals surface area contributed by atoms with E-state index in [-0.39, 0.29) is 6.61 Å². The average Bonchev–Trinajstić information content (AvgIpc) is 2.66. The van der Waals surface area contributed by atoms with Crippen molar-refractivity contribution >= 4 is 59.6 Å². The predicted molar refractivity (Wildman–Crippen MR) is 122 cm³/mol. The molecule has 0 unspecified atom stereocenters. The largest absolute Gasteiger partial charge is 0.493 e. The van der Waals surface area contributed by atoms with Crippen LogP contribution in [-0.2, 0) is 4.79 Å². The lowest BCUT2D eigenvalue weighted by atomic mass is 10.1. The van der Waals surface area contributed by atoms with Crippen LogP contribution in [0, 0.1) is 5.92 Å². The van der Waals surface area contributed by atoms with Gasteiger partial charge in [-0.15, -0.1) is 0 Å². The molecule has 0 atom stereocenters. The van der Waals surface area contributed by atoms with Gasteiger partial charge < -0.3 is 9.47 Å². The van der Waals surface area contributed by atoms with E-state index in [9.17, 15) is 9.59 Å². The molecular formula is C20H21Br3N2O4. The van der Waals surface area contributed by atoms with E-state index < -0.39 is 11.8 Å². The molecular weight excluding hydrogens is 572 g/mol. The third-order valence-corrected chi connectivity index (χ3v) is 5.31. The Balaban J connectivity index is 1.90. The highest BCUT2D eigenvalue weighted by Crippen LogP contribution is 2.28. The lowest BCUT2D eigenvalue weighted by Gasteiger charge is -2.14. The van der Waals surface area contributed by atoms with Gasteiger partial charge in [0.15, 0.2) is 6.61 Å². The molecule has 2 aromatic rings. The fraction of sp³-hybridized carbons (Fsp3) is 0.300. The maximum atomic E-state index is 12.5. The smallest absolute Gasteiger partial charge is 0.276 e. The summed E-state index contributed by atoms with van der Waals surface area (Å²) < 4.78 is 13.5. The molecule has 0 saturated carbocycles. The van der Waals surface area contributed by atoms with Crippen molar-refractivity contribution in [3.05, 3.63) is 55.4 Å². The number of hydrogen-bond acceptors (Lipinski definition) is 4. The molecule has 0 aliphatic carbocycles. The van der Waals surface area contributed by atoms with Gasteiger partial charge >= 0.3 is 0 Å². The molecule has 0 heterocycles. The van der Waals surface area contributed by atoms with Crippen molar-refractivity contribution in [2.24, 2.45) is 5.92 Å². The minimum Gasteiger partial charge on any atom is -0.493 e. The summed E-state index contributed by atoms with van der Waals surface area (Å²) in [5.74, 6) is 0.486. The second kappa shape index (κ2) is 11.6. The summed E-state index contributed by atoms with van der Waals surface area (Å²) in [5, 5.41) is 0. The third kappa shape index (κ3) is 7.98. The maximum Gasteiger partial charge on any atom is 0.276 e. The predicted octanol–water partition coefficient (Wildman–Crippen LogP) is 5.24. The van der Waals surface area contributed by atoms with Gasteiger partial charge in [-0.3, -0.25) is 20.4 Å². The molecule has 6 nitrogen and oxygen atoms in total. The van der Waals surface area contributed by atoms with Crippen LogP contribution in [0.5, 0.6) is 11.5 Å². The quantitative estimate of drug-likeness (QED) is 0.411. The number of ether oxygens (including phenoxy) is 2. The van der Waals surface area contributed by atoms with Crippen molar-refractivity contribution in [3.63, 3.8) is 0 Å². The molecule has 0 bridgehead atoms. The van der Waals surface area contributed by atoms with E-state index in [4.69, 9.17) is 9.47 Å². The molecule has 0 aromatic heterocycles. The average molecular weight is 593 g/mol. The van der Waals surface area contributed by atoms with E-state index in [2.05, 4.69) is 72.5 Å². The van der Waals surface area contributed by atoms with Crippen LogP contribution >= 0.6 is 47.8 Å². The van der Waals surface area contributed by atoms with Crippen LogP contribution in [0.1, 0.15) is 30.6 Å². The standard InChI is InChI=1S/C20H21Br3N2O4/c1-12(2)7-8-28-17-5-3-13(21)9-15(17)20(27)25-24-19(26)11-29-18-6-4-14(22)10-16(18)23/h3-6,9-10,12H,7-8,11H2,1-2H3,(H,24,26)(H,25,27). The first kappa shape index (κ1) is 23.7. The van der Waals surface area contributed by atoms with Gasteiger partial charge in [0, 0.05) is 8.95 Å². The highest BCUT2D eigenvalue weighted by Gasteiger charge is 2.15. The van der Waals surface area contributed by atoms with Crippen molar-refractivity contribution in [2.75, 3.05) is 13.2 Å². The fourth-order valence-electron chi connectivity index (χ4n) is 2.18. The van der Waals surface area contributed by atoms with E-state index in [1.165, 1.54) is 0 Å². The zero-order chi connectivity index (χ0) is 21.4. The number of amides is 2. The first-order valence-corrected chi connectivity index (χ1v) is 11.2. The number of nitrogens with one attached hydrogen (secondary N) is 2. The molecule has 0 radical (unpaired) electrons. The molecule has 0 spiro atoms. The first-order chi connectivity index (χ1) is 13.8. The number of benzene rings is 2. The van der Waals surface area contributed by atoms with E-state index in [0.29, 0.717) is 34.1 Å². The zero-order valence-electron chi connectivity index (χ0n) is 15.9. The normalized spacial score (nSPS) is 10.6. The lowest BCUT2D eigenvalue weighted by molar-refractivity contribution is -0.123. The van der Waals surface area contributed by atoms with Gasteiger partial charge in [-0.2, -0.15) is 0 Å². The highest BCUT2D eigenvalue weighted by molar-refractivity contribution is 9.11. The van der Waals surface area contributed by atoms with E-state index in [0.717, 1.165) is 15.4 Å². The Labute approximate surface area is 195 Å².